The van der Waals surface area contributed by atoms with Gasteiger partial charge in [0.15, 0.2) is 0 Å². The number of nitrogens with zero attached hydrogens (tertiary/aromatic N) is 1. The topological polar surface area (TPSA) is 46.3 Å². The number of likely N-dealkylation sites (tertiary alicyclic amines) is 1. The molecule has 1 amide bonds. The van der Waals surface area contributed by atoms with Crippen molar-refractivity contribution in [1.82, 2.24) is 4.90 Å². The number of carbonyl (C=O) groups is 1. The van der Waals surface area contributed by atoms with E-state index in [4.69, 9.17) is 5.73 Å². The van der Waals surface area contributed by atoms with Crippen molar-refractivity contribution in [3.63, 3.8) is 0 Å². The van der Waals surface area contributed by atoms with Crippen molar-refractivity contribution >= 4 is 5.91 Å². The van der Waals surface area contributed by atoms with Crippen LogP contribution in [-0.2, 0) is 4.79 Å². The second-order valence-electron chi connectivity index (χ2n) is 5.60. The highest BCUT2D eigenvalue weighted by Crippen LogP contribution is 2.25. The van der Waals surface area contributed by atoms with Crippen LogP contribution in [-0.4, -0.2) is 29.4 Å². The molecule has 1 aliphatic heterocycles. The van der Waals surface area contributed by atoms with E-state index in [1.807, 2.05) is 4.90 Å². The lowest BCUT2D eigenvalue weighted by Crippen LogP contribution is -2.53. The quantitative estimate of drug-likeness (QED) is 0.756. The first-order chi connectivity index (χ1) is 6.82. The number of hydrogen-bond donors (Lipinski definition) is 1. The summed E-state index contributed by atoms with van der Waals surface area (Å²) in [6.45, 7) is 9.84. The molecule has 0 spiro atoms. The number of hydrogen-bond acceptors (Lipinski definition) is 2. The van der Waals surface area contributed by atoms with Gasteiger partial charge in [-0.05, 0) is 38.5 Å². The maximum Gasteiger partial charge on any atom is 0.242 e. The Bertz CT molecular complexity index is 222. The van der Waals surface area contributed by atoms with E-state index in [1.54, 1.807) is 13.8 Å². The highest BCUT2D eigenvalue weighted by Gasteiger charge is 2.31. The van der Waals surface area contributed by atoms with E-state index in [9.17, 15) is 4.79 Å². The van der Waals surface area contributed by atoms with Gasteiger partial charge in [-0.15, -0.1) is 0 Å². The van der Waals surface area contributed by atoms with Crippen LogP contribution in [0.2, 0.25) is 0 Å². The Labute approximate surface area is 93.0 Å². The SMILES string of the molecule is CC(C)C1CCN(C(=O)C(C)(C)N)CC1. The van der Waals surface area contributed by atoms with Crippen LogP contribution >= 0.6 is 0 Å². The maximum atomic E-state index is 11.9. The summed E-state index contributed by atoms with van der Waals surface area (Å²) in [6.07, 6.45) is 2.25. The van der Waals surface area contributed by atoms with E-state index in [1.165, 1.54) is 0 Å². The first-order valence-corrected chi connectivity index (χ1v) is 5.90. The van der Waals surface area contributed by atoms with Gasteiger partial charge in [0.25, 0.3) is 0 Å². The zero-order valence-electron chi connectivity index (χ0n) is 10.4. The Hall–Kier alpha value is -0.570. The Balaban J connectivity index is 2.48. The summed E-state index contributed by atoms with van der Waals surface area (Å²) < 4.78 is 0. The van der Waals surface area contributed by atoms with Crippen molar-refractivity contribution < 1.29 is 4.79 Å². The third-order valence-electron chi connectivity index (χ3n) is 3.32. The van der Waals surface area contributed by atoms with Crippen LogP contribution in [0.15, 0.2) is 0 Å². The fourth-order valence-electron chi connectivity index (χ4n) is 2.18. The molecule has 2 N–H and O–H groups in total. The van der Waals surface area contributed by atoms with Gasteiger partial charge < -0.3 is 10.6 Å². The smallest absolute Gasteiger partial charge is 0.242 e. The minimum atomic E-state index is -0.718. The zero-order valence-corrected chi connectivity index (χ0v) is 10.4. The average Bonchev–Trinajstić information content (AvgIpc) is 2.15. The molecule has 0 radical (unpaired) electrons. The van der Waals surface area contributed by atoms with E-state index in [2.05, 4.69) is 13.8 Å². The van der Waals surface area contributed by atoms with Crippen molar-refractivity contribution in [2.24, 2.45) is 17.6 Å². The summed E-state index contributed by atoms with van der Waals surface area (Å²) in [5, 5.41) is 0. The minimum absolute atomic E-state index is 0.0877. The van der Waals surface area contributed by atoms with E-state index in [-0.39, 0.29) is 5.91 Å². The molecule has 1 saturated heterocycles. The third kappa shape index (κ3) is 3.20. The fourth-order valence-corrected chi connectivity index (χ4v) is 2.18. The largest absolute Gasteiger partial charge is 0.341 e. The molecule has 0 saturated carbocycles. The second-order valence-corrected chi connectivity index (χ2v) is 5.60. The Morgan fingerprint density at radius 1 is 1.33 bits per heavy atom. The highest BCUT2D eigenvalue weighted by atomic mass is 16.2. The van der Waals surface area contributed by atoms with Crippen molar-refractivity contribution in [3.8, 4) is 0 Å². The zero-order chi connectivity index (χ0) is 11.6. The van der Waals surface area contributed by atoms with Gasteiger partial charge in [0.05, 0.1) is 5.54 Å². The van der Waals surface area contributed by atoms with E-state index in [0.29, 0.717) is 0 Å². The molecule has 1 heterocycles. The lowest BCUT2D eigenvalue weighted by Gasteiger charge is -2.36. The number of rotatable bonds is 2. The van der Waals surface area contributed by atoms with Gasteiger partial charge in [-0.25, -0.2) is 0 Å². The molecule has 1 rings (SSSR count). The molecule has 3 nitrogen and oxygen atoms in total. The summed E-state index contributed by atoms with van der Waals surface area (Å²) in [5.74, 6) is 1.59. The lowest BCUT2D eigenvalue weighted by molar-refractivity contribution is -0.137. The van der Waals surface area contributed by atoms with Crippen molar-refractivity contribution in [1.29, 1.82) is 0 Å². The molecule has 15 heavy (non-hydrogen) atoms. The first-order valence-electron chi connectivity index (χ1n) is 5.90. The van der Waals surface area contributed by atoms with Gasteiger partial charge in [-0.3, -0.25) is 4.79 Å². The van der Waals surface area contributed by atoms with Crippen molar-refractivity contribution in [2.45, 2.75) is 46.1 Å². The lowest BCUT2D eigenvalue weighted by atomic mass is 9.86. The van der Waals surface area contributed by atoms with Crippen LogP contribution < -0.4 is 5.73 Å². The van der Waals surface area contributed by atoms with Gasteiger partial charge >= 0.3 is 0 Å². The molecule has 0 bridgehead atoms. The number of amides is 1. The molecular formula is C12H24N2O. The molecule has 3 heteroatoms. The monoisotopic (exact) mass is 212 g/mol. The molecule has 0 unspecified atom stereocenters. The minimum Gasteiger partial charge on any atom is -0.341 e. The van der Waals surface area contributed by atoms with Gasteiger partial charge in [-0.1, -0.05) is 13.8 Å². The predicted octanol–water partition coefficient (Wildman–Crippen LogP) is 1.62. The Morgan fingerprint density at radius 3 is 2.13 bits per heavy atom. The molecule has 1 fully saturated rings. The summed E-state index contributed by atoms with van der Waals surface area (Å²) in [5.41, 5.74) is 5.10. The van der Waals surface area contributed by atoms with E-state index >= 15 is 0 Å². The van der Waals surface area contributed by atoms with Crippen LogP contribution in [0.3, 0.4) is 0 Å². The summed E-state index contributed by atoms with van der Waals surface area (Å²) in [4.78, 5) is 13.8. The molecule has 88 valence electrons. The van der Waals surface area contributed by atoms with Gasteiger partial charge in [-0.2, -0.15) is 0 Å². The van der Waals surface area contributed by atoms with E-state index in [0.717, 1.165) is 37.8 Å². The van der Waals surface area contributed by atoms with Crippen LogP contribution in [0.1, 0.15) is 40.5 Å². The number of nitrogens with two attached hydrogens (primary N) is 1. The molecule has 0 aliphatic carbocycles. The molecule has 0 aromatic rings. The summed E-state index contributed by atoms with van der Waals surface area (Å²) in [7, 11) is 0. The fraction of sp³-hybridized carbons (Fsp3) is 0.917. The van der Waals surface area contributed by atoms with Gasteiger partial charge in [0.1, 0.15) is 0 Å². The summed E-state index contributed by atoms with van der Waals surface area (Å²) >= 11 is 0. The number of carbonyl (C=O) groups excluding carboxylic acids is 1. The van der Waals surface area contributed by atoms with Crippen LogP contribution in [0.25, 0.3) is 0 Å². The van der Waals surface area contributed by atoms with Crippen LogP contribution in [0.5, 0.6) is 0 Å². The van der Waals surface area contributed by atoms with Crippen LogP contribution in [0, 0.1) is 11.8 Å². The highest BCUT2D eigenvalue weighted by molar-refractivity contribution is 5.85. The number of piperidine rings is 1. The standard InChI is InChI=1S/C12H24N2O/c1-9(2)10-5-7-14(8-6-10)11(15)12(3,4)13/h9-10H,5-8,13H2,1-4H3. The van der Waals surface area contributed by atoms with Crippen molar-refractivity contribution in [2.75, 3.05) is 13.1 Å². The average molecular weight is 212 g/mol. The van der Waals surface area contributed by atoms with E-state index < -0.39 is 5.54 Å². The predicted molar refractivity (Wildman–Crippen MR) is 62.4 cm³/mol. The molecule has 0 aromatic carbocycles. The summed E-state index contributed by atoms with van der Waals surface area (Å²) in [6, 6.07) is 0. The normalized spacial score (nSPS) is 19.7. The Kier molecular flexibility index (Phi) is 3.77. The molecule has 0 aromatic heterocycles. The van der Waals surface area contributed by atoms with Crippen molar-refractivity contribution in [3.05, 3.63) is 0 Å². The second kappa shape index (κ2) is 4.52. The van der Waals surface area contributed by atoms with Gasteiger partial charge in [0, 0.05) is 13.1 Å². The first kappa shape index (κ1) is 12.5. The Morgan fingerprint density at radius 2 is 1.80 bits per heavy atom. The van der Waals surface area contributed by atoms with Crippen LogP contribution in [0.4, 0.5) is 0 Å². The molecule has 0 atom stereocenters. The maximum absolute atomic E-state index is 11.9. The third-order valence-corrected chi connectivity index (χ3v) is 3.32. The molecular weight excluding hydrogens is 188 g/mol. The molecule has 1 aliphatic rings. The van der Waals surface area contributed by atoms with Gasteiger partial charge in [0.2, 0.25) is 5.91 Å².